The Labute approximate surface area is 116 Å². The third kappa shape index (κ3) is 3.95. The van der Waals surface area contributed by atoms with Crippen molar-refractivity contribution in [2.45, 2.75) is 32.7 Å². The SMILES string of the molecule is CCN1CCCc2cc(CNCCCOC)ccc21. The van der Waals surface area contributed by atoms with E-state index in [9.17, 15) is 0 Å². The van der Waals surface area contributed by atoms with E-state index in [0.717, 1.165) is 32.7 Å². The molecule has 1 aromatic carbocycles. The van der Waals surface area contributed by atoms with E-state index in [1.807, 2.05) is 0 Å². The average Bonchev–Trinajstić information content (AvgIpc) is 2.46. The number of rotatable bonds is 7. The van der Waals surface area contributed by atoms with E-state index in [4.69, 9.17) is 4.74 Å². The van der Waals surface area contributed by atoms with Crippen molar-refractivity contribution < 1.29 is 4.74 Å². The maximum Gasteiger partial charge on any atom is 0.0474 e. The average molecular weight is 262 g/mol. The van der Waals surface area contributed by atoms with Crippen LogP contribution in [0, 0.1) is 0 Å². The monoisotopic (exact) mass is 262 g/mol. The molecule has 1 aliphatic rings. The number of methoxy groups -OCH3 is 1. The maximum atomic E-state index is 5.05. The second-order valence-corrected chi connectivity index (χ2v) is 5.17. The molecule has 0 unspecified atom stereocenters. The van der Waals surface area contributed by atoms with Gasteiger partial charge in [0.15, 0.2) is 0 Å². The minimum Gasteiger partial charge on any atom is -0.385 e. The molecular formula is C16H26N2O. The number of nitrogens with zero attached hydrogens (tertiary/aromatic N) is 1. The van der Waals surface area contributed by atoms with Gasteiger partial charge in [-0.25, -0.2) is 0 Å². The van der Waals surface area contributed by atoms with E-state index in [1.54, 1.807) is 7.11 Å². The number of hydrogen-bond acceptors (Lipinski definition) is 3. The predicted octanol–water partition coefficient (Wildman–Crippen LogP) is 2.59. The highest BCUT2D eigenvalue weighted by molar-refractivity contribution is 5.56. The van der Waals surface area contributed by atoms with Gasteiger partial charge in [0.05, 0.1) is 0 Å². The van der Waals surface area contributed by atoms with Gasteiger partial charge in [0.2, 0.25) is 0 Å². The Hall–Kier alpha value is -1.06. The van der Waals surface area contributed by atoms with Crippen molar-refractivity contribution in [2.75, 3.05) is 38.3 Å². The zero-order valence-electron chi connectivity index (χ0n) is 12.2. The van der Waals surface area contributed by atoms with Crippen LogP contribution in [0.25, 0.3) is 0 Å². The molecule has 0 amide bonds. The summed E-state index contributed by atoms with van der Waals surface area (Å²) in [6.45, 7) is 7.37. The van der Waals surface area contributed by atoms with Gasteiger partial charge in [0.25, 0.3) is 0 Å². The molecule has 1 aromatic rings. The minimum atomic E-state index is 0.836. The van der Waals surface area contributed by atoms with Gasteiger partial charge in [-0.3, -0.25) is 0 Å². The van der Waals surface area contributed by atoms with Gasteiger partial charge < -0.3 is 15.0 Å². The molecule has 0 saturated heterocycles. The second kappa shape index (κ2) is 7.51. The molecule has 106 valence electrons. The van der Waals surface area contributed by atoms with Crippen LogP contribution in [0.15, 0.2) is 18.2 Å². The van der Waals surface area contributed by atoms with Crippen LogP contribution in [-0.4, -0.2) is 33.4 Å². The molecule has 0 aromatic heterocycles. The van der Waals surface area contributed by atoms with Gasteiger partial charge >= 0.3 is 0 Å². The molecule has 0 aliphatic carbocycles. The Balaban J connectivity index is 1.89. The van der Waals surface area contributed by atoms with Crippen LogP contribution in [0.2, 0.25) is 0 Å². The highest BCUT2D eigenvalue weighted by Crippen LogP contribution is 2.27. The summed E-state index contributed by atoms with van der Waals surface area (Å²) in [7, 11) is 1.75. The third-order valence-corrected chi connectivity index (χ3v) is 3.77. The van der Waals surface area contributed by atoms with Crippen LogP contribution < -0.4 is 10.2 Å². The highest BCUT2D eigenvalue weighted by Gasteiger charge is 2.15. The van der Waals surface area contributed by atoms with Crippen LogP contribution in [0.5, 0.6) is 0 Å². The molecule has 1 aliphatic heterocycles. The molecule has 0 spiro atoms. The summed E-state index contributed by atoms with van der Waals surface area (Å²) < 4.78 is 5.05. The fourth-order valence-electron chi connectivity index (χ4n) is 2.74. The molecule has 0 bridgehead atoms. The summed E-state index contributed by atoms with van der Waals surface area (Å²) in [5.74, 6) is 0. The van der Waals surface area contributed by atoms with E-state index in [-0.39, 0.29) is 0 Å². The molecule has 0 saturated carbocycles. The number of nitrogens with one attached hydrogen (secondary N) is 1. The molecule has 1 N–H and O–H groups in total. The Kier molecular flexibility index (Phi) is 5.67. The zero-order valence-corrected chi connectivity index (χ0v) is 12.2. The number of anilines is 1. The van der Waals surface area contributed by atoms with E-state index in [2.05, 4.69) is 35.3 Å². The van der Waals surface area contributed by atoms with E-state index in [0.29, 0.717) is 0 Å². The smallest absolute Gasteiger partial charge is 0.0474 e. The van der Waals surface area contributed by atoms with Crippen molar-refractivity contribution in [2.24, 2.45) is 0 Å². The normalized spacial score (nSPS) is 14.5. The van der Waals surface area contributed by atoms with Crippen molar-refractivity contribution >= 4 is 5.69 Å². The number of ether oxygens (including phenoxy) is 1. The summed E-state index contributed by atoms with van der Waals surface area (Å²) in [6, 6.07) is 6.93. The summed E-state index contributed by atoms with van der Waals surface area (Å²) in [5, 5.41) is 3.47. The van der Waals surface area contributed by atoms with Gasteiger partial charge in [0.1, 0.15) is 0 Å². The molecule has 0 radical (unpaired) electrons. The number of benzene rings is 1. The summed E-state index contributed by atoms with van der Waals surface area (Å²) >= 11 is 0. The first kappa shape index (κ1) is 14.4. The first-order valence-corrected chi connectivity index (χ1v) is 7.41. The topological polar surface area (TPSA) is 24.5 Å². The molecule has 3 heteroatoms. The Morgan fingerprint density at radius 2 is 2.26 bits per heavy atom. The summed E-state index contributed by atoms with van der Waals surface area (Å²) in [6.07, 6.45) is 3.58. The third-order valence-electron chi connectivity index (χ3n) is 3.77. The van der Waals surface area contributed by atoms with Gasteiger partial charge in [-0.05, 0) is 49.9 Å². The molecule has 1 heterocycles. The lowest BCUT2D eigenvalue weighted by Gasteiger charge is -2.30. The van der Waals surface area contributed by atoms with Crippen LogP contribution in [0.3, 0.4) is 0 Å². The quantitative estimate of drug-likeness (QED) is 0.764. The first-order chi connectivity index (χ1) is 9.35. The van der Waals surface area contributed by atoms with E-state index >= 15 is 0 Å². The number of hydrogen-bond donors (Lipinski definition) is 1. The van der Waals surface area contributed by atoms with Crippen LogP contribution >= 0.6 is 0 Å². The van der Waals surface area contributed by atoms with Crippen molar-refractivity contribution in [3.05, 3.63) is 29.3 Å². The number of fused-ring (bicyclic) bond motifs is 1. The van der Waals surface area contributed by atoms with E-state index < -0.39 is 0 Å². The van der Waals surface area contributed by atoms with Gasteiger partial charge in [0, 0.05) is 39.0 Å². The molecule has 2 rings (SSSR count). The largest absolute Gasteiger partial charge is 0.385 e. The van der Waals surface area contributed by atoms with Crippen molar-refractivity contribution in [3.8, 4) is 0 Å². The fraction of sp³-hybridized carbons (Fsp3) is 0.625. The Morgan fingerprint density at radius 3 is 3.05 bits per heavy atom. The van der Waals surface area contributed by atoms with Gasteiger partial charge in [-0.2, -0.15) is 0 Å². The van der Waals surface area contributed by atoms with Crippen molar-refractivity contribution in [1.82, 2.24) is 5.32 Å². The molecule has 0 atom stereocenters. The molecule has 3 nitrogen and oxygen atoms in total. The lowest BCUT2D eigenvalue weighted by molar-refractivity contribution is 0.194. The molecule has 0 fully saturated rings. The highest BCUT2D eigenvalue weighted by atomic mass is 16.5. The van der Waals surface area contributed by atoms with Crippen molar-refractivity contribution in [3.63, 3.8) is 0 Å². The fourth-order valence-corrected chi connectivity index (χ4v) is 2.74. The second-order valence-electron chi connectivity index (χ2n) is 5.17. The zero-order chi connectivity index (χ0) is 13.5. The van der Waals surface area contributed by atoms with E-state index in [1.165, 1.54) is 36.2 Å². The molecular weight excluding hydrogens is 236 g/mol. The van der Waals surface area contributed by atoms with Crippen molar-refractivity contribution in [1.29, 1.82) is 0 Å². The molecule has 19 heavy (non-hydrogen) atoms. The number of aryl methyl sites for hydroxylation is 1. The van der Waals surface area contributed by atoms with Gasteiger partial charge in [-0.15, -0.1) is 0 Å². The predicted molar refractivity (Wildman–Crippen MR) is 80.8 cm³/mol. The van der Waals surface area contributed by atoms with Crippen LogP contribution in [-0.2, 0) is 17.7 Å². The summed E-state index contributed by atoms with van der Waals surface area (Å²) in [4.78, 5) is 2.48. The lowest BCUT2D eigenvalue weighted by atomic mass is 9.99. The Morgan fingerprint density at radius 1 is 1.37 bits per heavy atom. The Bertz CT molecular complexity index is 392. The van der Waals surface area contributed by atoms with Crippen LogP contribution in [0.1, 0.15) is 30.9 Å². The minimum absolute atomic E-state index is 0.836. The lowest BCUT2D eigenvalue weighted by Crippen LogP contribution is -2.29. The maximum absolute atomic E-state index is 5.05. The standard InChI is InChI=1S/C16H26N2O/c1-3-18-10-4-6-15-12-14(7-8-16(15)18)13-17-9-5-11-19-2/h7-8,12,17H,3-6,9-11,13H2,1-2H3. The first-order valence-electron chi connectivity index (χ1n) is 7.41. The van der Waals surface area contributed by atoms with Gasteiger partial charge in [-0.1, -0.05) is 12.1 Å². The van der Waals surface area contributed by atoms with Crippen LogP contribution in [0.4, 0.5) is 5.69 Å². The summed E-state index contributed by atoms with van der Waals surface area (Å²) in [5.41, 5.74) is 4.36.